The highest BCUT2D eigenvalue weighted by atomic mass is 16.6. The topological polar surface area (TPSA) is 86.1 Å². The van der Waals surface area contributed by atoms with Crippen molar-refractivity contribution in [3.8, 4) is 0 Å². The van der Waals surface area contributed by atoms with Crippen LogP contribution in [0.3, 0.4) is 0 Å². The lowest BCUT2D eigenvalue weighted by molar-refractivity contribution is -0.608. The third kappa shape index (κ3) is 2.74. The fourth-order valence-electron chi connectivity index (χ4n) is 2.66. The van der Waals surface area contributed by atoms with E-state index in [1.165, 1.54) is 25.3 Å². The molecule has 0 aliphatic rings. The number of ether oxygens (including phenoxy) is 1. The number of pyridine rings is 1. The lowest BCUT2D eigenvalue weighted by Gasteiger charge is -2.12. The Morgan fingerprint density at radius 1 is 1.17 bits per heavy atom. The molecule has 1 atom stereocenters. The second kappa shape index (κ2) is 6.16. The zero-order valence-electron chi connectivity index (χ0n) is 13.3. The first-order valence-electron chi connectivity index (χ1n) is 7.49. The fourth-order valence-corrected chi connectivity index (χ4v) is 2.66. The van der Waals surface area contributed by atoms with E-state index in [1.54, 1.807) is 13.0 Å². The molecular formula is C18H16N2O4. The first-order chi connectivity index (χ1) is 11.5. The normalized spacial score (nSPS) is 12.1. The van der Waals surface area contributed by atoms with Gasteiger partial charge in [-0.25, -0.2) is 4.79 Å². The Kier molecular flexibility index (Phi) is 4.04. The number of benzene rings is 1. The standard InChI is InChI=1S/C18H16N2O4/c1-11-16(13-7-3-4-8-14(13)19-11)17(21)12(2)24-18(22)15-9-5-6-10-20(15)23/h3-10,12,19H,1-2H3/t12-/m1/s1. The van der Waals surface area contributed by atoms with Gasteiger partial charge < -0.3 is 14.9 Å². The number of para-hydroxylation sites is 1. The maximum atomic E-state index is 12.7. The van der Waals surface area contributed by atoms with Gasteiger partial charge >= 0.3 is 11.7 Å². The van der Waals surface area contributed by atoms with Gasteiger partial charge in [0.15, 0.2) is 12.3 Å². The van der Waals surface area contributed by atoms with E-state index in [2.05, 4.69) is 4.98 Å². The monoisotopic (exact) mass is 324 g/mol. The minimum Gasteiger partial charge on any atom is -0.618 e. The van der Waals surface area contributed by atoms with Crippen LogP contribution in [0.4, 0.5) is 0 Å². The van der Waals surface area contributed by atoms with Gasteiger partial charge in [-0.05, 0) is 26.0 Å². The second-order valence-corrected chi connectivity index (χ2v) is 5.49. The number of carbonyl (C=O) groups is 2. The number of aryl methyl sites for hydroxylation is 1. The smallest absolute Gasteiger partial charge is 0.405 e. The van der Waals surface area contributed by atoms with Gasteiger partial charge in [0.2, 0.25) is 5.78 Å². The molecule has 0 saturated heterocycles. The number of Topliss-reactive ketones (excluding diaryl/α,β-unsaturated/α-hetero) is 1. The first kappa shape index (κ1) is 15.7. The van der Waals surface area contributed by atoms with Crippen molar-refractivity contribution in [3.63, 3.8) is 0 Å². The van der Waals surface area contributed by atoms with Crippen LogP contribution >= 0.6 is 0 Å². The number of nitrogens with zero attached hydrogens (tertiary/aromatic N) is 1. The molecule has 3 rings (SSSR count). The van der Waals surface area contributed by atoms with Crippen molar-refractivity contribution >= 4 is 22.7 Å². The molecule has 0 fully saturated rings. The minimum absolute atomic E-state index is 0.159. The molecule has 0 radical (unpaired) electrons. The average Bonchev–Trinajstić information content (AvgIpc) is 2.90. The van der Waals surface area contributed by atoms with Crippen LogP contribution in [-0.4, -0.2) is 22.8 Å². The summed E-state index contributed by atoms with van der Waals surface area (Å²) in [5, 5.41) is 12.4. The molecule has 1 N–H and O–H groups in total. The Hall–Kier alpha value is -3.15. The third-order valence-electron chi connectivity index (χ3n) is 3.83. The summed E-state index contributed by atoms with van der Waals surface area (Å²) in [7, 11) is 0. The molecule has 0 amide bonds. The van der Waals surface area contributed by atoms with E-state index in [0.29, 0.717) is 16.0 Å². The number of rotatable bonds is 4. The number of aromatic amines is 1. The van der Waals surface area contributed by atoms with Gasteiger partial charge in [-0.15, -0.1) is 0 Å². The van der Waals surface area contributed by atoms with Crippen molar-refractivity contribution in [1.82, 2.24) is 4.98 Å². The van der Waals surface area contributed by atoms with E-state index < -0.39 is 12.1 Å². The maximum Gasteiger partial charge on any atom is 0.405 e. The Bertz CT molecular complexity index is 930. The zero-order valence-corrected chi connectivity index (χ0v) is 13.3. The molecule has 0 bridgehead atoms. The summed E-state index contributed by atoms with van der Waals surface area (Å²) >= 11 is 0. The van der Waals surface area contributed by atoms with Crippen molar-refractivity contribution < 1.29 is 19.1 Å². The molecule has 6 nitrogen and oxygen atoms in total. The van der Waals surface area contributed by atoms with E-state index in [0.717, 1.165) is 10.9 Å². The minimum atomic E-state index is -1.00. The number of ketones is 1. The SMILES string of the molecule is Cc1[nH]c2ccccc2c1C(=O)[C@@H](C)OC(=O)c1cccc[n+]1[O-]. The lowest BCUT2D eigenvalue weighted by atomic mass is 10.0. The number of nitrogens with one attached hydrogen (secondary N) is 1. The van der Waals surface area contributed by atoms with Crippen molar-refractivity contribution in [3.05, 3.63) is 70.8 Å². The van der Waals surface area contributed by atoms with Gasteiger partial charge in [0.05, 0.1) is 0 Å². The molecule has 2 heterocycles. The van der Waals surface area contributed by atoms with E-state index in [9.17, 15) is 14.8 Å². The van der Waals surface area contributed by atoms with E-state index in [-0.39, 0.29) is 11.5 Å². The van der Waals surface area contributed by atoms with Crippen molar-refractivity contribution in [2.24, 2.45) is 0 Å². The largest absolute Gasteiger partial charge is 0.618 e. The lowest BCUT2D eigenvalue weighted by Crippen LogP contribution is -2.36. The van der Waals surface area contributed by atoms with Crippen molar-refractivity contribution in [1.29, 1.82) is 0 Å². The molecule has 0 saturated carbocycles. The highest BCUT2D eigenvalue weighted by Gasteiger charge is 2.27. The number of H-pyrrole nitrogens is 1. The molecular weight excluding hydrogens is 308 g/mol. The molecule has 0 spiro atoms. The molecule has 3 aromatic rings. The van der Waals surface area contributed by atoms with Crippen LogP contribution in [0.5, 0.6) is 0 Å². The second-order valence-electron chi connectivity index (χ2n) is 5.49. The molecule has 6 heteroatoms. The van der Waals surface area contributed by atoms with Crippen LogP contribution in [-0.2, 0) is 4.74 Å². The first-order valence-corrected chi connectivity index (χ1v) is 7.49. The Morgan fingerprint density at radius 3 is 2.62 bits per heavy atom. The van der Waals surface area contributed by atoms with Crippen LogP contribution in [0, 0.1) is 12.1 Å². The van der Waals surface area contributed by atoms with Crippen molar-refractivity contribution in [2.75, 3.05) is 0 Å². The van der Waals surface area contributed by atoms with Crippen LogP contribution in [0.15, 0.2) is 48.7 Å². The van der Waals surface area contributed by atoms with Crippen LogP contribution in [0.1, 0.15) is 33.5 Å². The molecule has 122 valence electrons. The average molecular weight is 324 g/mol. The molecule has 1 aromatic carbocycles. The molecule has 0 aliphatic carbocycles. The summed E-state index contributed by atoms with van der Waals surface area (Å²) in [6, 6.07) is 11.8. The van der Waals surface area contributed by atoms with Gasteiger partial charge in [0.1, 0.15) is 0 Å². The van der Waals surface area contributed by atoms with Gasteiger partial charge in [-0.2, -0.15) is 4.73 Å². The number of esters is 1. The predicted molar refractivity (Wildman–Crippen MR) is 87.6 cm³/mol. The van der Waals surface area contributed by atoms with Crippen LogP contribution in [0.2, 0.25) is 0 Å². The maximum absolute atomic E-state index is 12.7. The summed E-state index contributed by atoms with van der Waals surface area (Å²) in [5.41, 5.74) is 1.89. The van der Waals surface area contributed by atoms with Gasteiger partial charge in [-0.1, -0.05) is 18.2 Å². The summed E-state index contributed by atoms with van der Waals surface area (Å²) in [6.07, 6.45) is 0.197. The van der Waals surface area contributed by atoms with Gasteiger partial charge in [0, 0.05) is 34.3 Å². The quantitative estimate of drug-likeness (QED) is 0.346. The number of hydrogen-bond donors (Lipinski definition) is 1. The van der Waals surface area contributed by atoms with E-state index in [4.69, 9.17) is 4.74 Å². The Morgan fingerprint density at radius 2 is 1.88 bits per heavy atom. The predicted octanol–water partition coefficient (Wildman–Crippen LogP) is 2.54. The van der Waals surface area contributed by atoms with Crippen molar-refractivity contribution in [2.45, 2.75) is 20.0 Å². The highest BCUT2D eigenvalue weighted by molar-refractivity contribution is 6.11. The molecule has 0 unspecified atom stereocenters. The Labute approximate surface area is 138 Å². The molecule has 24 heavy (non-hydrogen) atoms. The van der Waals surface area contributed by atoms with Gasteiger partial charge in [-0.3, -0.25) is 4.79 Å². The van der Waals surface area contributed by atoms with Gasteiger partial charge in [0.25, 0.3) is 0 Å². The summed E-state index contributed by atoms with van der Waals surface area (Å²) in [4.78, 5) is 27.9. The number of fused-ring (bicyclic) bond motifs is 1. The third-order valence-corrected chi connectivity index (χ3v) is 3.83. The highest BCUT2D eigenvalue weighted by Crippen LogP contribution is 2.24. The van der Waals surface area contributed by atoms with Crippen LogP contribution < -0.4 is 4.73 Å². The summed E-state index contributed by atoms with van der Waals surface area (Å²) in [5.74, 6) is -1.14. The van der Waals surface area contributed by atoms with Crippen LogP contribution in [0.25, 0.3) is 10.9 Å². The van der Waals surface area contributed by atoms with E-state index in [1.807, 2.05) is 24.3 Å². The number of aromatic nitrogens is 2. The zero-order chi connectivity index (χ0) is 17.3. The summed E-state index contributed by atoms with van der Waals surface area (Å²) in [6.45, 7) is 3.30. The number of hydrogen-bond acceptors (Lipinski definition) is 4. The van der Waals surface area contributed by atoms with E-state index >= 15 is 0 Å². The number of carbonyl (C=O) groups excluding carboxylic acids is 2. The Balaban J connectivity index is 1.86. The molecule has 2 aromatic heterocycles. The fraction of sp³-hybridized carbons (Fsp3) is 0.167. The summed E-state index contributed by atoms with van der Waals surface area (Å²) < 4.78 is 5.60. The molecule has 0 aliphatic heterocycles.